The summed E-state index contributed by atoms with van der Waals surface area (Å²) < 4.78 is 2.24. The van der Waals surface area contributed by atoms with Crippen LogP contribution in [0.5, 0.6) is 0 Å². The third kappa shape index (κ3) is 4.18. The zero-order valence-electron chi connectivity index (χ0n) is 13.2. The molecule has 0 saturated carbocycles. The molecule has 0 spiro atoms. The average molecular weight is 285 g/mol. The molecule has 1 heterocycles. The molecule has 114 valence electrons. The maximum Gasteiger partial charge on any atom is 0.0951 e. The first-order valence-electron chi connectivity index (χ1n) is 8.06. The lowest BCUT2D eigenvalue weighted by Crippen LogP contribution is -2.18. The molecular formula is C18H27N3. The average Bonchev–Trinajstić information content (AvgIpc) is 3.01. The summed E-state index contributed by atoms with van der Waals surface area (Å²) in [4.78, 5) is 4.32. The second kappa shape index (κ2) is 7.99. The molecule has 0 fully saturated rings. The number of unbranched alkanes of at least 4 members (excludes halogenated alkanes) is 3. The van der Waals surface area contributed by atoms with Crippen LogP contribution in [0.3, 0.4) is 0 Å². The van der Waals surface area contributed by atoms with Crippen LogP contribution in [0, 0.1) is 0 Å². The van der Waals surface area contributed by atoms with Crippen LogP contribution in [-0.2, 0) is 0 Å². The van der Waals surface area contributed by atoms with Crippen molar-refractivity contribution in [2.45, 2.75) is 58.0 Å². The van der Waals surface area contributed by atoms with E-state index < -0.39 is 0 Å². The molecule has 0 bridgehead atoms. The topological polar surface area (TPSA) is 43.8 Å². The molecule has 2 rings (SSSR count). The van der Waals surface area contributed by atoms with Crippen LogP contribution in [0.15, 0.2) is 42.9 Å². The Morgan fingerprint density at radius 1 is 1.14 bits per heavy atom. The Morgan fingerprint density at radius 3 is 2.62 bits per heavy atom. The van der Waals surface area contributed by atoms with Crippen LogP contribution < -0.4 is 5.73 Å². The first-order chi connectivity index (χ1) is 10.2. The molecule has 0 radical (unpaired) electrons. The van der Waals surface area contributed by atoms with Gasteiger partial charge in [0.15, 0.2) is 0 Å². The van der Waals surface area contributed by atoms with Crippen molar-refractivity contribution < 1.29 is 0 Å². The van der Waals surface area contributed by atoms with Gasteiger partial charge in [0, 0.05) is 6.04 Å². The van der Waals surface area contributed by atoms with E-state index in [1.54, 1.807) is 0 Å². The Balaban J connectivity index is 2.04. The summed E-state index contributed by atoms with van der Waals surface area (Å²) in [6.45, 7) is 4.51. The lowest BCUT2D eigenvalue weighted by atomic mass is 10.0. The van der Waals surface area contributed by atoms with Crippen molar-refractivity contribution in [1.29, 1.82) is 0 Å². The lowest BCUT2D eigenvalue weighted by Gasteiger charge is -2.20. The van der Waals surface area contributed by atoms with Crippen molar-refractivity contribution in [2.24, 2.45) is 5.73 Å². The predicted molar refractivity (Wildman–Crippen MR) is 88.2 cm³/mol. The molecule has 1 aromatic carbocycles. The fraction of sp³-hybridized carbons (Fsp3) is 0.500. The SMILES string of the molecule is CCCCCCC(C)n1cncc1C(N)c1ccccc1. The predicted octanol–water partition coefficient (Wildman–Crippen LogP) is 4.46. The van der Waals surface area contributed by atoms with E-state index in [1.807, 2.05) is 30.7 Å². The summed E-state index contributed by atoms with van der Waals surface area (Å²) in [6.07, 6.45) is 10.2. The first kappa shape index (κ1) is 15.8. The Bertz CT molecular complexity index is 518. The third-order valence-corrected chi connectivity index (χ3v) is 4.12. The van der Waals surface area contributed by atoms with Gasteiger partial charge in [-0.25, -0.2) is 4.98 Å². The number of hydrogen-bond acceptors (Lipinski definition) is 2. The maximum atomic E-state index is 6.41. The molecule has 3 nitrogen and oxygen atoms in total. The quantitative estimate of drug-likeness (QED) is 0.728. The summed E-state index contributed by atoms with van der Waals surface area (Å²) >= 11 is 0. The van der Waals surface area contributed by atoms with E-state index in [9.17, 15) is 0 Å². The largest absolute Gasteiger partial charge is 0.330 e. The van der Waals surface area contributed by atoms with Crippen molar-refractivity contribution in [3.8, 4) is 0 Å². The standard InChI is InChI=1S/C18H27N3/c1-3-4-5-7-10-15(2)21-14-20-13-17(21)18(19)16-11-8-6-9-12-16/h6,8-9,11-15,18H,3-5,7,10,19H2,1-2H3. The van der Waals surface area contributed by atoms with Crippen molar-refractivity contribution in [2.75, 3.05) is 0 Å². The number of nitrogens with zero attached hydrogens (tertiary/aromatic N) is 2. The summed E-state index contributed by atoms with van der Waals surface area (Å²) in [5.74, 6) is 0. The number of nitrogens with two attached hydrogens (primary N) is 1. The lowest BCUT2D eigenvalue weighted by molar-refractivity contribution is 0.456. The monoisotopic (exact) mass is 285 g/mol. The highest BCUT2D eigenvalue weighted by Crippen LogP contribution is 2.24. The van der Waals surface area contributed by atoms with Gasteiger partial charge < -0.3 is 10.3 Å². The maximum absolute atomic E-state index is 6.41. The van der Waals surface area contributed by atoms with E-state index in [-0.39, 0.29) is 6.04 Å². The summed E-state index contributed by atoms with van der Waals surface area (Å²) in [7, 11) is 0. The number of aromatic nitrogens is 2. The van der Waals surface area contributed by atoms with E-state index in [2.05, 4.69) is 35.5 Å². The van der Waals surface area contributed by atoms with Crippen LogP contribution in [0.2, 0.25) is 0 Å². The van der Waals surface area contributed by atoms with Crippen LogP contribution in [0.1, 0.15) is 69.3 Å². The van der Waals surface area contributed by atoms with Gasteiger partial charge in [0.2, 0.25) is 0 Å². The Morgan fingerprint density at radius 2 is 1.90 bits per heavy atom. The van der Waals surface area contributed by atoms with E-state index >= 15 is 0 Å². The van der Waals surface area contributed by atoms with Crippen LogP contribution in [-0.4, -0.2) is 9.55 Å². The summed E-state index contributed by atoms with van der Waals surface area (Å²) in [5.41, 5.74) is 8.65. The number of hydrogen-bond donors (Lipinski definition) is 1. The summed E-state index contributed by atoms with van der Waals surface area (Å²) in [5, 5.41) is 0. The van der Waals surface area contributed by atoms with Crippen LogP contribution in [0.4, 0.5) is 0 Å². The minimum absolute atomic E-state index is 0.105. The fourth-order valence-corrected chi connectivity index (χ4v) is 2.76. The molecule has 3 heteroatoms. The third-order valence-electron chi connectivity index (χ3n) is 4.12. The molecule has 2 unspecified atom stereocenters. The van der Waals surface area contributed by atoms with Crippen molar-refractivity contribution in [1.82, 2.24) is 9.55 Å². The molecule has 0 aliphatic carbocycles. The van der Waals surface area contributed by atoms with E-state index in [0.29, 0.717) is 6.04 Å². The molecule has 21 heavy (non-hydrogen) atoms. The van der Waals surface area contributed by atoms with Gasteiger partial charge in [0.05, 0.1) is 24.3 Å². The second-order valence-electron chi connectivity index (χ2n) is 5.81. The van der Waals surface area contributed by atoms with Gasteiger partial charge in [-0.15, -0.1) is 0 Å². The molecule has 2 aromatic rings. The minimum atomic E-state index is -0.105. The first-order valence-corrected chi connectivity index (χ1v) is 8.06. The molecule has 1 aromatic heterocycles. The van der Waals surface area contributed by atoms with Gasteiger partial charge in [0.1, 0.15) is 0 Å². The number of benzene rings is 1. The summed E-state index contributed by atoms with van der Waals surface area (Å²) in [6, 6.07) is 10.6. The van der Waals surface area contributed by atoms with Crippen LogP contribution in [0.25, 0.3) is 0 Å². The molecule has 0 aliphatic rings. The molecule has 0 saturated heterocycles. The van der Waals surface area contributed by atoms with Gasteiger partial charge in [-0.3, -0.25) is 0 Å². The van der Waals surface area contributed by atoms with E-state index in [4.69, 9.17) is 5.73 Å². The second-order valence-corrected chi connectivity index (χ2v) is 5.81. The van der Waals surface area contributed by atoms with Crippen molar-refractivity contribution in [3.63, 3.8) is 0 Å². The zero-order chi connectivity index (χ0) is 15.1. The molecule has 2 atom stereocenters. The van der Waals surface area contributed by atoms with Gasteiger partial charge in [-0.05, 0) is 18.9 Å². The highest BCUT2D eigenvalue weighted by molar-refractivity contribution is 5.26. The molecule has 0 amide bonds. The fourth-order valence-electron chi connectivity index (χ4n) is 2.76. The zero-order valence-corrected chi connectivity index (χ0v) is 13.2. The smallest absolute Gasteiger partial charge is 0.0951 e. The van der Waals surface area contributed by atoms with Gasteiger partial charge >= 0.3 is 0 Å². The van der Waals surface area contributed by atoms with Gasteiger partial charge in [0.25, 0.3) is 0 Å². The highest BCUT2D eigenvalue weighted by Gasteiger charge is 2.16. The molecule has 0 aliphatic heterocycles. The Kier molecular flexibility index (Phi) is 6.00. The van der Waals surface area contributed by atoms with Crippen molar-refractivity contribution >= 4 is 0 Å². The Labute approximate surface area is 128 Å². The molecular weight excluding hydrogens is 258 g/mol. The minimum Gasteiger partial charge on any atom is -0.330 e. The molecule has 2 N–H and O–H groups in total. The van der Waals surface area contributed by atoms with Gasteiger partial charge in [-0.2, -0.15) is 0 Å². The number of imidazole rings is 1. The van der Waals surface area contributed by atoms with E-state index in [0.717, 1.165) is 11.3 Å². The van der Waals surface area contributed by atoms with Gasteiger partial charge in [-0.1, -0.05) is 62.9 Å². The van der Waals surface area contributed by atoms with Crippen LogP contribution >= 0.6 is 0 Å². The highest BCUT2D eigenvalue weighted by atomic mass is 15.1. The Hall–Kier alpha value is -1.61. The van der Waals surface area contributed by atoms with Crippen molar-refractivity contribution in [3.05, 3.63) is 54.1 Å². The number of rotatable bonds is 8. The van der Waals surface area contributed by atoms with E-state index in [1.165, 1.54) is 32.1 Å². The normalized spacial score (nSPS) is 14.0.